The molecule has 0 aliphatic heterocycles. The monoisotopic (exact) mass is 318 g/mol. The van der Waals surface area contributed by atoms with Gasteiger partial charge in [0.15, 0.2) is 0 Å². The molecular weight excluding hydrogens is 300 g/mol. The van der Waals surface area contributed by atoms with Crippen molar-refractivity contribution in [2.75, 3.05) is 7.11 Å². The Bertz CT molecular complexity index is 815. The van der Waals surface area contributed by atoms with E-state index in [0.717, 1.165) is 22.6 Å². The van der Waals surface area contributed by atoms with Crippen LogP contribution in [0.4, 0.5) is 0 Å². The molecule has 4 heteroatoms. The van der Waals surface area contributed by atoms with E-state index in [1.165, 1.54) is 0 Å². The Morgan fingerprint density at radius 1 is 1.04 bits per heavy atom. The minimum Gasteiger partial charge on any atom is -0.497 e. The van der Waals surface area contributed by atoms with Gasteiger partial charge in [-0.15, -0.1) is 0 Å². The molecule has 0 fully saturated rings. The second kappa shape index (κ2) is 7.42. The first-order valence-corrected chi connectivity index (χ1v) is 7.69. The number of ether oxygens (including phenoxy) is 1. The molecule has 120 valence electrons. The van der Waals surface area contributed by atoms with Crippen LogP contribution < -0.4 is 10.1 Å². The van der Waals surface area contributed by atoms with E-state index in [4.69, 9.17) is 4.74 Å². The minimum atomic E-state index is -0.136. The molecule has 0 aliphatic rings. The summed E-state index contributed by atoms with van der Waals surface area (Å²) in [6.07, 6.45) is 1.59. The Kier molecular flexibility index (Phi) is 4.87. The standard InChI is InChI=1S/C20H18N2O2/c1-24-18-9-5-8-16(12-18)19-11-10-17(14-21-19)20(23)22-13-15-6-3-2-4-7-15/h2-12,14H,13H2,1H3,(H,22,23). The topological polar surface area (TPSA) is 51.2 Å². The maximum absolute atomic E-state index is 12.2. The lowest BCUT2D eigenvalue weighted by atomic mass is 10.1. The quantitative estimate of drug-likeness (QED) is 0.780. The second-order valence-corrected chi connectivity index (χ2v) is 5.33. The van der Waals surface area contributed by atoms with Crippen LogP contribution in [0.5, 0.6) is 5.75 Å². The number of carbonyl (C=O) groups excluding carboxylic acids is 1. The van der Waals surface area contributed by atoms with Gasteiger partial charge in [0.05, 0.1) is 18.4 Å². The third-order valence-corrected chi connectivity index (χ3v) is 3.69. The van der Waals surface area contributed by atoms with Crippen molar-refractivity contribution in [1.29, 1.82) is 0 Å². The number of aromatic nitrogens is 1. The highest BCUT2D eigenvalue weighted by Crippen LogP contribution is 2.22. The number of hydrogen-bond donors (Lipinski definition) is 1. The van der Waals surface area contributed by atoms with E-state index >= 15 is 0 Å². The molecule has 0 saturated heterocycles. The molecule has 0 aliphatic carbocycles. The molecule has 2 aromatic carbocycles. The van der Waals surface area contributed by atoms with E-state index in [0.29, 0.717) is 12.1 Å². The highest BCUT2D eigenvalue weighted by atomic mass is 16.5. The van der Waals surface area contributed by atoms with E-state index < -0.39 is 0 Å². The molecule has 1 aromatic heterocycles. The van der Waals surface area contributed by atoms with Crippen molar-refractivity contribution in [3.8, 4) is 17.0 Å². The smallest absolute Gasteiger partial charge is 0.253 e. The fourth-order valence-electron chi connectivity index (χ4n) is 2.36. The van der Waals surface area contributed by atoms with E-state index in [1.54, 1.807) is 19.4 Å². The Morgan fingerprint density at radius 3 is 2.58 bits per heavy atom. The molecule has 0 radical (unpaired) electrons. The van der Waals surface area contributed by atoms with Crippen LogP contribution in [0.2, 0.25) is 0 Å². The van der Waals surface area contributed by atoms with Gasteiger partial charge in [-0.1, -0.05) is 42.5 Å². The van der Waals surface area contributed by atoms with Gasteiger partial charge in [0.2, 0.25) is 0 Å². The van der Waals surface area contributed by atoms with Crippen LogP contribution in [0.1, 0.15) is 15.9 Å². The maximum Gasteiger partial charge on any atom is 0.253 e. The highest BCUT2D eigenvalue weighted by Gasteiger charge is 2.07. The normalized spacial score (nSPS) is 10.2. The lowest BCUT2D eigenvalue weighted by Crippen LogP contribution is -2.22. The predicted octanol–water partition coefficient (Wildman–Crippen LogP) is 3.69. The third-order valence-electron chi connectivity index (χ3n) is 3.69. The summed E-state index contributed by atoms with van der Waals surface area (Å²) in [4.78, 5) is 16.6. The predicted molar refractivity (Wildman–Crippen MR) is 93.8 cm³/mol. The number of rotatable bonds is 5. The van der Waals surface area contributed by atoms with Gasteiger partial charge < -0.3 is 10.1 Å². The molecule has 24 heavy (non-hydrogen) atoms. The van der Waals surface area contributed by atoms with Gasteiger partial charge in [-0.3, -0.25) is 9.78 Å². The maximum atomic E-state index is 12.2. The molecule has 0 saturated carbocycles. The molecule has 3 rings (SSSR count). The van der Waals surface area contributed by atoms with Crippen molar-refractivity contribution in [3.63, 3.8) is 0 Å². The van der Waals surface area contributed by atoms with Gasteiger partial charge >= 0.3 is 0 Å². The van der Waals surface area contributed by atoms with Crippen LogP contribution >= 0.6 is 0 Å². The van der Waals surface area contributed by atoms with E-state index in [9.17, 15) is 4.79 Å². The molecule has 1 heterocycles. The molecule has 0 bridgehead atoms. The average molecular weight is 318 g/mol. The Hall–Kier alpha value is -3.14. The number of benzene rings is 2. The zero-order chi connectivity index (χ0) is 16.8. The number of carbonyl (C=O) groups is 1. The summed E-state index contributed by atoms with van der Waals surface area (Å²) in [6, 6.07) is 21.1. The highest BCUT2D eigenvalue weighted by molar-refractivity contribution is 5.94. The summed E-state index contributed by atoms with van der Waals surface area (Å²) < 4.78 is 5.22. The number of nitrogens with one attached hydrogen (secondary N) is 1. The van der Waals surface area contributed by atoms with Crippen molar-refractivity contribution in [2.45, 2.75) is 6.54 Å². The number of pyridine rings is 1. The molecule has 1 N–H and O–H groups in total. The van der Waals surface area contributed by atoms with Gasteiger partial charge in [-0.05, 0) is 29.8 Å². The van der Waals surface area contributed by atoms with E-state index in [-0.39, 0.29) is 5.91 Å². The SMILES string of the molecule is COc1cccc(-c2ccc(C(=O)NCc3ccccc3)cn2)c1. The molecule has 1 amide bonds. The van der Waals surface area contributed by atoms with Crippen LogP contribution in [0, 0.1) is 0 Å². The Balaban J connectivity index is 1.68. The first kappa shape index (κ1) is 15.7. The van der Waals surface area contributed by atoms with Crippen LogP contribution in [0.15, 0.2) is 72.9 Å². The number of hydrogen-bond acceptors (Lipinski definition) is 3. The van der Waals surface area contributed by atoms with Gasteiger partial charge in [-0.25, -0.2) is 0 Å². The molecule has 4 nitrogen and oxygen atoms in total. The van der Waals surface area contributed by atoms with Crippen LogP contribution in [0.25, 0.3) is 11.3 Å². The van der Waals surface area contributed by atoms with E-state index in [1.807, 2.05) is 60.7 Å². The summed E-state index contributed by atoms with van der Waals surface area (Å²) >= 11 is 0. The Labute approximate surface area is 141 Å². The summed E-state index contributed by atoms with van der Waals surface area (Å²) in [5.41, 5.74) is 3.35. The lowest BCUT2D eigenvalue weighted by molar-refractivity contribution is 0.0950. The van der Waals surface area contributed by atoms with Crippen molar-refractivity contribution in [2.24, 2.45) is 0 Å². The van der Waals surface area contributed by atoms with Crippen molar-refractivity contribution in [1.82, 2.24) is 10.3 Å². The summed E-state index contributed by atoms with van der Waals surface area (Å²) in [5.74, 6) is 0.641. The number of nitrogens with zero attached hydrogens (tertiary/aromatic N) is 1. The zero-order valence-corrected chi connectivity index (χ0v) is 13.4. The molecule has 0 unspecified atom stereocenters. The summed E-state index contributed by atoms with van der Waals surface area (Å²) in [7, 11) is 1.63. The van der Waals surface area contributed by atoms with E-state index in [2.05, 4.69) is 10.3 Å². The summed E-state index contributed by atoms with van der Waals surface area (Å²) in [5, 5.41) is 2.89. The molecule has 3 aromatic rings. The first-order valence-electron chi connectivity index (χ1n) is 7.69. The molecular formula is C20H18N2O2. The van der Waals surface area contributed by atoms with Crippen LogP contribution in [0.3, 0.4) is 0 Å². The van der Waals surface area contributed by atoms with Gasteiger partial charge in [0.25, 0.3) is 5.91 Å². The summed E-state index contributed by atoms with van der Waals surface area (Å²) in [6.45, 7) is 0.497. The molecule has 0 atom stereocenters. The third kappa shape index (κ3) is 3.79. The van der Waals surface area contributed by atoms with Gasteiger partial charge in [0.1, 0.15) is 5.75 Å². The minimum absolute atomic E-state index is 0.136. The molecule has 0 spiro atoms. The number of methoxy groups -OCH3 is 1. The van der Waals surface area contributed by atoms with Crippen molar-refractivity contribution in [3.05, 3.63) is 84.1 Å². The van der Waals surface area contributed by atoms with Crippen molar-refractivity contribution < 1.29 is 9.53 Å². The van der Waals surface area contributed by atoms with Crippen LogP contribution in [-0.2, 0) is 6.54 Å². The number of amides is 1. The fraction of sp³-hybridized carbons (Fsp3) is 0.100. The fourth-order valence-corrected chi connectivity index (χ4v) is 2.36. The lowest BCUT2D eigenvalue weighted by Gasteiger charge is -2.07. The van der Waals surface area contributed by atoms with Gasteiger partial charge in [0, 0.05) is 18.3 Å². The Morgan fingerprint density at radius 2 is 1.88 bits per heavy atom. The van der Waals surface area contributed by atoms with Crippen LogP contribution in [-0.4, -0.2) is 18.0 Å². The second-order valence-electron chi connectivity index (χ2n) is 5.33. The van der Waals surface area contributed by atoms with Gasteiger partial charge in [-0.2, -0.15) is 0 Å². The van der Waals surface area contributed by atoms with Crippen molar-refractivity contribution >= 4 is 5.91 Å². The largest absolute Gasteiger partial charge is 0.497 e. The zero-order valence-electron chi connectivity index (χ0n) is 13.4. The first-order chi connectivity index (χ1) is 11.8. The average Bonchev–Trinajstić information content (AvgIpc) is 2.67.